The van der Waals surface area contributed by atoms with Crippen LogP contribution in [0.15, 0.2) is 23.8 Å². The Hall–Kier alpha value is -3.01. The van der Waals surface area contributed by atoms with Crippen molar-refractivity contribution in [3.05, 3.63) is 29.3 Å². The number of rotatable bonds is 9. The molecule has 0 unspecified atom stereocenters. The monoisotopic (exact) mass is 427 g/mol. The molecule has 1 saturated heterocycles. The van der Waals surface area contributed by atoms with Crippen LogP contribution in [0.25, 0.3) is 6.08 Å². The van der Waals surface area contributed by atoms with Gasteiger partial charge in [0, 0.05) is 25.2 Å². The zero-order chi connectivity index (χ0) is 23.0. The van der Waals surface area contributed by atoms with Crippen LogP contribution in [0.3, 0.4) is 0 Å². The van der Waals surface area contributed by atoms with Crippen LogP contribution in [0.5, 0.6) is 11.5 Å². The van der Waals surface area contributed by atoms with Gasteiger partial charge in [0.15, 0.2) is 18.1 Å². The lowest BCUT2D eigenvalue weighted by atomic mass is 10.1. The predicted molar refractivity (Wildman–Crippen MR) is 120 cm³/mol. The number of carbonyl (C=O) groups is 2. The van der Waals surface area contributed by atoms with Crippen LogP contribution in [-0.4, -0.2) is 60.0 Å². The molecule has 7 heteroatoms. The van der Waals surface area contributed by atoms with Crippen LogP contribution in [-0.2, 0) is 9.59 Å². The van der Waals surface area contributed by atoms with Gasteiger partial charge in [-0.1, -0.05) is 6.07 Å². The first kappa shape index (κ1) is 24.3. The second-order valence-corrected chi connectivity index (χ2v) is 8.09. The van der Waals surface area contributed by atoms with Gasteiger partial charge in [-0.3, -0.25) is 9.59 Å². The van der Waals surface area contributed by atoms with Gasteiger partial charge in [0.2, 0.25) is 0 Å². The van der Waals surface area contributed by atoms with Gasteiger partial charge in [-0.05, 0) is 71.2 Å². The van der Waals surface area contributed by atoms with Crippen LogP contribution in [0, 0.1) is 11.3 Å². The van der Waals surface area contributed by atoms with Gasteiger partial charge in [0.25, 0.3) is 11.8 Å². The van der Waals surface area contributed by atoms with Crippen molar-refractivity contribution in [2.24, 2.45) is 0 Å². The van der Waals surface area contributed by atoms with Crippen molar-refractivity contribution in [3.63, 3.8) is 0 Å². The van der Waals surface area contributed by atoms with Crippen LogP contribution in [0.2, 0.25) is 0 Å². The third kappa shape index (κ3) is 6.48. The Morgan fingerprint density at radius 2 is 1.77 bits per heavy atom. The summed E-state index contributed by atoms with van der Waals surface area (Å²) in [7, 11) is 0. The molecule has 1 aromatic rings. The summed E-state index contributed by atoms with van der Waals surface area (Å²) in [5, 5.41) is 9.47. The number of hydrogen-bond acceptors (Lipinski definition) is 5. The Morgan fingerprint density at radius 1 is 1.13 bits per heavy atom. The lowest BCUT2D eigenvalue weighted by Crippen LogP contribution is -2.44. The van der Waals surface area contributed by atoms with Gasteiger partial charge in [-0.15, -0.1) is 0 Å². The maximum Gasteiger partial charge on any atom is 0.264 e. The van der Waals surface area contributed by atoms with Crippen molar-refractivity contribution < 1.29 is 19.1 Å². The van der Waals surface area contributed by atoms with E-state index in [9.17, 15) is 14.9 Å². The first-order valence-corrected chi connectivity index (χ1v) is 10.9. The molecule has 1 fully saturated rings. The molecule has 0 N–H and O–H groups in total. The Labute approximate surface area is 185 Å². The SMILES string of the molecule is CCOc1cc(/C=C(\C#N)C(=O)N2CCCC2)ccc1OCC(=O)N(C(C)C)C(C)C. The van der Waals surface area contributed by atoms with Crippen LogP contribution in [0.1, 0.15) is 53.0 Å². The molecule has 0 radical (unpaired) electrons. The summed E-state index contributed by atoms with van der Waals surface area (Å²) in [5.74, 6) is 0.575. The first-order chi connectivity index (χ1) is 14.8. The summed E-state index contributed by atoms with van der Waals surface area (Å²) in [4.78, 5) is 28.6. The fourth-order valence-electron chi connectivity index (χ4n) is 3.79. The first-order valence-electron chi connectivity index (χ1n) is 10.9. The zero-order valence-electron chi connectivity index (χ0n) is 19.2. The maximum atomic E-state index is 12.6. The fraction of sp³-hybridized carbons (Fsp3) is 0.542. The lowest BCUT2D eigenvalue weighted by Gasteiger charge is -2.30. The third-order valence-corrected chi connectivity index (χ3v) is 5.07. The van der Waals surface area contributed by atoms with Crippen molar-refractivity contribution in [2.45, 2.75) is 59.5 Å². The van der Waals surface area contributed by atoms with Crippen molar-refractivity contribution in [3.8, 4) is 17.6 Å². The van der Waals surface area contributed by atoms with E-state index >= 15 is 0 Å². The molecule has 7 nitrogen and oxygen atoms in total. The Kier molecular flexibility index (Phi) is 8.92. The van der Waals surface area contributed by atoms with Crippen LogP contribution < -0.4 is 9.47 Å². The standard InChI is InChI=1S/C24H33N3O4/c1-6-30-22-14-19(13-20(15-25)24(29)26-11-7-8-12-26)9-10-21(22)31-16-23(28)27(17(2)3)18(4)5/h9-10,13-14,17-18H,6-8,11-12,16H2,1-5H3/b20-13+. The second kappa shape index (κ2) is 11.4. The van der Waals surface area contributed by atoms with Gasteiger partial charge in [0.05, 0.1) is 6.61 Å². The molecule has 1 aliphatic heterocycles. The molecule has 1 aliphatic rings. The third-order valence-electron chi connectivity index (χ3n) is 5.07. The summed E-state index contributed by atoms with van der Waals surface area (Å²) in [6.07, 6.45) is 3.50. The number of hydrogen-bond donors (Lipinski definition) is 0. The zero-order valence-corrected chi connectivity index (χ0v) is 19.2. The highest BCUT2D eigenvalue weighted by molar-refractivity contribution is 6.01. The number of nitriles is 1. The fourth-order valence-corrected chi connectivity index (χ4v) is 3.79. The molecule has 0 spiro atoms. The number of likely N-dealkylation sites (tertiary alicyclic amines) is 1. The summed E-state index contributed by atoms with van der Waals surface area (Å²) < 4.78 is 11.5. The van der Waals surface area contributed by atoms with Crippen LogP contribution >= 0.6 is 0 Å². The topological polar surface area (TPSA) is 82.9 Å². The van der Waals surface area contributed by atoms with Gasteiger partial charge < -0.3 is 19.3 Å². The molecule has 0 aromatic heterocycles. The molecule has 0 atom stereocenters. The quantitative estimate of drug-likeness (QED) is 0.444. The van der Waals surface area contributed by atoms with Gasteiger partial charge >= 0.3 is 0 Å². The average molecular weight is 428 g/mol. The number of benzene rings is 1. The van der Waals surface area contributed by atoms with E-state index in [0.717, 1.165) is 12.8 Å². The maximum absolute atomic E-state index is 12.6. The van der Waals surface area contributed by atoms with Crippen molar-refractivity contribution in [2.75, 3.05) is 26.3 Å². The molecule has 0 bridgehead atoms. The Morgan fingerprint density at radius 3 is 2.32 bits per heavy atom. The van der Waals surface area contributed by atoms with E-state index in [-0.39, 0.29) is 36.1 Å². The van der Waals surface area contributed by atoms with Gasteiger partial charge in [-0.25, -0.2) is 0 Å². The van der Waals surface area contributed by atoms with Crippen molar-refractivity contribution in [1.82, 2.24) is 9.80 Å². The number of amides is 2. The molecular formula is C24H33N3O4. The highest BCUT2D eigenvalue weighted by Crippen LogP contribution is 2.30. The average Bonchev–Trinajstić information content (AvgIpc) is 3.25. The molecule has 2 amide bonds. The molecule has 31 heavy (non-hydrogen) atoms. The van der Waals surface area contributed by atoms with E-state index in [1.807, 2.05) is 40.7 Å². The Bertz CT molecular complexity index is 841. The molecule has 168 valence electrons. The second-order valence-electron chi connectivity index (χ2n) is 8.09. The highest BCUT2D eigenvalue weighted by atomic mass is 16.5. The minimum Gasteiger partial charge on any atom is -0.490 e. The van der Waals surface area contributed by atoms with Crippen molar-refractivity contribution >= 4 is 17.9 Å². The minimum atomic E-state index is -0.244. The van der Waals surface area contributed by atoms with E-state index in [1.165, 1.54) is 0 Å². The molecule has 0 saturated carbocycles. The minimum absolute atomic E-state index is 0.0764. The number of ether oxygens (including phenoxy) is 2. The molecule has 0 aliphatic carbocycles. The summed E-state index contributed by atoms with van der Waals surface area (Å²) >= 11 is 0. The van der Waals surface area contributed by atoms with E-state index in [1.54, 1.807) is 34.1 Å². The van der Waals surface area contributed by atoms with Gasteiger partial charge in [0.1, 0.15) is 11.6 Å². The summed E-state index contributed by atoms with van der Waals surface area (Å²) in [6.45, 7) is 11.4. The summed E-state index contributed by atoms with van der Waals surface area (Å²) in [6, 6.07) is 7.34. The molecule has 1 heterocycles. The largest absolute Gasteiger partial charge is 0.490 e. The lowest BCUT2D eigenvalue weighted by molar-refractivity contribution is -0.137. The predicted octanol–water partition coefficient (Wildman–Crippen LogP) is 3.64. The summed E-state index contributed by atoms with van der Waals surface area (Å²) in [5.41, 5.74) is 0.759. The van der Waals surface area contributed by atoms with Gasteiger partial charge in [-0.2, -0.15) is 5.26 Å². The van der Waals surface area contributed by atoms with E-state index in [0.29, 0.717) is 36.8 Å². The number of carbonyl (C=O) groups excluding carboxylic acids is 2. The Balaban J connectivity index is 2.19. The van der Waals surface area contributed by atoms with Crippen molar-refractivity contribution in [1.29, 1.82) is 5.26 Å². The van der Waals surface area contributed by atoms with E-state index in [2.05, 4.69) is 0 Å². The molecular weight excluding hydrogens is 394 g/mol. The molecule has 2 rings (SSSR count). The van der Waals surface area contributed by atoms with Crippen LogP contribution in [0.4, 0.5) is 0 Å². The van der Waals surface area contributed by atoms with E-state index in [4.69, 9.17) is 9.47 Å². The smallest absolute Gasteiger partial charge is 0.264 e. The highest BCUT2D eigenvalue weighted by Gasteiger charge is 2.22. The number of nitrogens with zero attached hydrogens (tertiary/aromatic N) is 3. The van der Waals surface area contributed by atoms with E-state index < -0.39 is 0 Å². The normalized spacial score (nSPS) is 14.0. The molecule has 1 aromatic carbocycles.